The Morgan fingerprint density at radius 1 is 1.56 bits per heavy atom. The van der Waals surface area contributed by atoms with Crippen LogP contribution in [-0.4, -0.2) is 15.9 Å². The Morgan fingerprint density at radius 3 is 2.94 bits per heavy atom. The minimum absolute atomic E-state index is 0.154. The molecule has 2 heterocycles. The van der Waals surface area contributed by atoms with Crippen molar-refractivity contribution in [3.63, 3.8) is 0 Å². The van der Waals surface area contributed by atoms with Gasteiger partial charge >= 0.3 is 0 Å². The molecule has 0 saturated carbocycles. The Morgan fingerprint density at radius 2 is 2.33 bits per heavy atom. The number of pyridine rings is 1. The molecule has 0 radical (unpaired) electrons. The van der Waals surface area contributed by atoms with Gasteiger partial charge in [-0.1, -0.05) is 0 Å². The van der Waals surface area contributed by atoms with Crippen LogP contribution in [0, 0.1) is 6.92 Å². The number of rotatable bonds is 3. The molecule has 0 fully saturated rings. The number of hydrogen-bond acceptors (Lipinski definition) is 5. The van der Waals surface area contributed by atoms with Crippen molar-refractivity contribution in [2.45, 2.75) is 19.9 Å². The van der Waals surface area contributed by atoms with E-state index in [2.05, 4.69) is 15.3 Å². The summed E-state index contributed by atoms with van der Waals surface area (Å²) >= 11 is 1.39. The smallest absolute Gasteiger partial charge is 0.275 e. The quantitative estimate of drug-likeness (QED) is 0.887. The highest BCUT2D eigenvalue weighted by atomic mass is 32.1. The SMILES string of the molecule is Cc1cnccc1NC(=O)c1csc(C(C)N)n1. The van der Waals surface area contributed by atoms with E-state index in [4.69, 9.17) is 5.73 Å². The predicted octanol–water partition coefficient (Wildman–Crippen LogP) is 2.12. The minimum atomic E-state index is -0.229. The molecule has 94 valence electrons. The predicted molar refractivity (Wildman–Crippen MR) is 71.6 cm³/mol. The van der Waals surface area contributed by atoms with Crippen LogP contribution < -0.4 is 11.1 Å². The second kappa shape index (κ2) is 5.24. The first-order chi connectivity index (χ1) is 8.58. The number of carbonyl (C=O) groups excluding carboxylic acids is 1. The zero-order chi connectivity index (χ0) is 13.1. The number of anilines is 1. The molecule has 0 saturated heterocycles. The van der Waals surface area contributed by atoms with Crippen molar-refractivity contribution in [1.82, 2.24) is 9.97 Å². The van der Waals surface area contributed by atoms with Crippen molar-refractivity contribution in [3.05, 3.63) is 40.1 Å². The topological polar surface area (TPSA) is 80.9 Å². The zero-order valence-electron chi connectivity index (χ0n) is 10.2. The van der Waals surface area contributed by atoms with Crippen LogP contribution in [0.5, 0.6) is 0 Å². The monoisotopic (exact) mass is 262 g/mol. The van der Waals surface area contributed by atoms with Crippen molar-refractivity contribution >= 4 is 22.9 Å². The van der Waals surface area contributed by atoms with E-state index in [9.17, 15) is 4.79 Å². The Hall–Kier alpha value is -1.79. The molecular weight excluding hydrogens is 248 g/mol. The first-order valence-corrected chi connectivity index (χ1v) is 6.39. The lowest BCUT2D eigenvalue weighted by Gasteiger charge is -2.05. The summed E-state index contributed by atoms with van der Waals surface area (Å²) in [5.41, 5.74) is 7.76. The molecule has 0 spiro atoms. The first-order valence-electron chi connectivity index (χ1n) is 5.51. The van der Waals surface area contributed by atoms with Crippen LogP contribution in [0.4, 0.5) is 5.69 Å². The number of hydrogen-bond donors (Lipinski definition) is 2. The first kappa shape index (κ1) is 12.7. The summed E-state index contributed by atoms with van der Waals surface area (Å²) in [6.45, 7) is 3.73. The Kier molecular flexibility index (Phi) is 3.69. The van der Waals surface area contributed by atoms with Crippen LogP contribution in [0.1, 0.15) is 34.0 Å². The standard InChI is InChI=1S/C12H14N4OS/c1-7-5-14-4-3-9(7)15-11(17)10-6-18-12(16-10)8(2)13/h3-6,8H,13H2,1-2H3,(H,14,15,17). The van der Waals surface area contributed by atoms with Crippen LogP contribution in [-0.2, 0) is 0 Å². The molecular formula is C12H14N4OS. The van der Waals surface area contributed by atoms with E-state index < -0.39 is 0 Å². The molecule has 0 bridgehead atoms. The molecule has 3 N–H and O–H groups in total. The highest BCUT2D eigenvalue weighted by Crippen LogP contribution is 2.18. The second-order valence-corrected chi connectivity index (χ2v) is 4.89. The Balaban J connectivity index is 2.15. The Bertz CT molecular complexity index is 565. The number of nitrogens with two attached hydrogens (primary N) is 1. The van der Waals surface area contributed by atoms with E-state index in [1.54, 1.807) is 23.8 Å². The lowest BCUT2D eigenvalue weighted by atomic mass is 10.2. The molecule has 0 aliphatic carbocycles. The average molecular weight is 262 g/mol. The van der Waals surface area contributed by atoms with Gasteiger partial charge in [0.15, 0.2) is 0 Å². The van der Waals surface area contributed by atoms with E-state index in [1.807, 2.05) is 13.8 Å². The van der Waals surface area contributed by atoms with Crippen LogP contribution in [0.2, 0.25) is 0 Å². The van der Waals surface area contributed by atoms with Gasteiger partial charge in [0.1, 0.15) is 10.7 Å². The summed E-state index contributed by atoms with van der Waals surface area (Å²) in [7, 11) is 0. The van der Waals surface area contributed by atoms with Crippen molar-refractivity contribution < 1.29 is 4.79 Å². The largest absolute Gasteiger partial charge is 0.322 e. The maximum atomic E-state index is 12.0. The molecule has 6 heteroatoms. The van der Waals surface area contributed by atoms with E-state index in [1.165, 1.54) is 11.3 Å². The van der Waals surface area contributed by atoms with E-state index in [0.717, 1.165) is 16.3 Å². The lowest BCUT2D eigenvalue weighted by Crippen LogP contribution is -2.14. The number of nitrogens with one attached hydrogen (secondary N) is 1. The van der Waals surface area contributed by atoms with E-state index >= 15 is 0 Å². The molecule has 0 aromatic carbocycles. The molecule has 18 heavy (non-hydrogen) atoms. The average Bonchev–Trinajstić information content (AvgIpc) is 2.81. The summed E-state index contributed by atoms with van der Waals surface area (Å²) in [4.78, 5) is 20.1. The van der Waals surface area contributed by atoms with Gasteiger partial charge in [-0.3, -0.25) is 9.78 Å². The number of nitrogens with zero attached hydrogens (tertiary/aromatic N) is 2. The van der Waals surface area contributed by atoms with Crippen molar-refractivity contribution in [1.29, 1.82) is 0 Å². The molecule has 2 rings (SSSR count). The molecule has 1 amide bonds. The van der Waals surface area contributed by atoms with Crippen molar-refractivity contribution in [3.8, 4) is 0 Å². The summed E-state index contributed by atoms with van der Waals surface area (Å²) in [6, 6.07) is 1.60. The second-order valence-electron chi connectivity index (χ2n) is 4.00. The van der Waals surface area contributed by atoms with Crippen LogP contribution >= 0.6 is 11.3 Å². The summed E-state index contributed by atoms with van der Waals surface area (Å²) < 4.78 is 0. The number of thiazole rings is 1. The number of aromatic nitrogens is 2. The fourth-order valence-corrected chi connectivity index (χ4v) is 2.16. The van der Waals surface area contributed by atoms with Gasteiger partial charge in [-0.15, -0.1) is 11.3 Å². The highest BCUT2D eigenvalue weighted by molar-refractivity contribution is 7.09. The summed E-state index contributed by atoms with van der Waals surface area (Å²) in [5, 5.41) is 5.27. The molecule has 1 atom stereocenters. The summed E-state index contributed by atoms with van der Waals surface area (Å²) in [5.74, 6) is -0.229. The molecule has 0 aliphatic heterocycles. The fraction of sp³-hybridized carbons (Fsp3) is 0.250. The van der Waals surface area contributed by atoms with Gasteiger partial charge in [-0.25, -0.2) is 4.98 Å². The molecule has 2 aromatic rings. The van der Waals surface area contributed by atoms with Crippen LogP contribution in [0.25, 0.3) is 0 Å². The maximum absolute atomic E-state index is 12.0. The van der Waals surface area contributed by atoms with Gasteiger partial charge in [0.25, 0.3) is 5.91 Å². The molecule has 5 nitrogen and oxygen atoms in total. The number of carbonyl (C=O) groups is 1. The molecule has 1 unspecified atom stereocenters. The molecule has 2 aromatic heterocycles. The third-order valence-corrected chi connectivity index (χ3v) is 3.46. The van der Waals surface area contributed by atoms with Crippen LogP contribution in [0.15, 0.2) is 23.8 Å². The fourth-order valence-electron chi connectivity index (χ4n) is 1.40. The Labute approximate surface area is 109 Å². The van der Waals surface area contributed by atoms with E-state index in [-0.39, 0.29) is 11.9 Å². The van der Waals surface area contributed by atoms with Gasteiger partial charge in [0, 0.05) is 23.5 Å². The van der Waals surface area contributed by atoms with Crippen LogP contribution in [0.3, 0.4) is 0 Å². The normalized spacial score (nSPS) is 12.2. The highest BCUT2D eigenvalue weighted by Gasteiger charge is 2.13. The van der Waals surface area contributed by atoms with Gasteiger partial charge in [0.2, 0.25) is 0 Å². The van der Waals surface area contributed by atoms with Gasteiger partial charge in [0.05, 0.1) is 6.04 Å². The van der Waals surface area contributed by atoms with Gasteiger partial charge in [-0.05, 0) is 25.5 Å². The molecule has 0 aliphatic rings. The number of aryl methyl sites for hydroxylation is 1. The third kappa shape index (κ3) is 2.72. The van der Waals surface area contributed by atoms with Crippen molar-refractivity contribution in [2.24, 2.45) is 5.73 Å². The summed E-state index contributed by atoms with van der Waals surface area (Å²) in [6.07, 6.45) is 3.33. The van der Waals surface area contributed by atoms with Gasteiger partial charge in [-0.2, -0.15) is 0 Å². The third-order valence-electron chi connectivity index (χ3n) is 2.41. The van der Waals surface area contributed by atoms with Crippen molar-refractivity contribution in [2.75, 3.05) is 5.32 Å². The maximum Gasteiger partial charge on any atom is 0.275 e. The zero-order valence-corrected chi connectivity index (χ0v) is 11.0. The number of amides is 1. The van der Waals surface area contributed by atoms with Gasteiger partial charge < -0.3 is 11.1 Å². The minimum Gasteiger partial charge on any atom is -0.322 e. The van der Waals surface area contributed by atoms with E-state index in [0.29, 0.717) is 5.69 Å². The lowest BCUT2D eigenvalue weighted by molar-refractivity contribution is 0.102.